The minimum absolute atomic E-state index is 0.285. The molecule has 12 heteroatoms. The number of carbonyl (C=O) groups is 4. The molecule has 0 spiro atoms. The Morgan fingerprint density at radius 3 is 2.07 bits per heavy atom. The first-order chi connectivity index (χ1) is 13.6. The van der Waals surface area contributed by atoms with Crippen molar-refractivity contribution in [2.75, 3.05) is 6.61 Å². The second-order valence-corrected chi connectivity index (χ2v) is 7.32. The predicted molar refractivity (Wildman–Crippen MR) is 102 cm³/mol. The third kappa shape index (κ3) is 6.39. The highest BCUT2D eigenvalue weighted by Gasteiger charge is 2.53. The molecule has 1 aliphatic heterocycles. The van der Waals surface area contributed by atoms with Gasteiger partial charge in [-0.05, 0) is 28.7 Å². The molecule has 1 aliphatic rings. The van der Waals surface area contributed by atoms with E-state index in [0.29, 0.717) is 3.70 Å². The predicted octanol–water partition coefficient (Wildman–Crippen LogP) is 0.743. The number of rotatable bonds is 6. The molecule has 0 aliphatic carbocycles. The van der Waals surface area contributed by atoms with Gasteiger partial charge in [0.25, 0.3) is 0 Å². The molecule has 29 heavy (non-hydrogen) atoms. The zero-order chi connectivity index (χ0) is 21.7. The molecule has 1 aromatic rings. The van der Waals surface area contributed by atoms with E-state index in [1.807, 2.05) is 22.6 Å². The van der Waals surface area contributed by atoms with Crippen LogP contribution in [0, 0.1) is 3.70 Å². The van der Waals surface area contributed by atoms with E-state index in [1.54, 1.807) is 12.3 Å². The van der Waals surface area contributed by atoms with Gasteiger partial charge < -0.3 is 23.7 Å². The monoisotopic (exact) mass is 524 g/mol. The highest BCUT2D eigenvalue weighted by molar-refractivity contribution is 14.1. The fraction of sp³-hybridized carbons (Fsp3) is 0.588. The fourth-order valence-electron chi connectivity index (χ4n) is 2.92. The summed E-state index contributed by atoms with van der Waals surface area (Å²) in [6.07, 6.45) is -2.98. The Labute approximate surface area is 180 Å². The maximum absolute atomic E-state index is 11.8. The van der Waals surface area contributed by atoms with Crippen molar-refractivity contribution in [3.05, 3.63) is 16.0 Å². The molecule has 160 valence electrons. The summed E-state index contributed by atoms with van der Waals surface area (Å²) >= 11 is 1.98. The van der Waals surface area contributed by atoms with Crippen molar-refractivity contribution in [1.82, 2.24) is 9.78 Å². The summed E-state index contributed by atoms with van der Waals surface area (Å²) in [7, 11) is 0. The van der Waals surface area contributed by atoms with Gasteiger partial charge >= 0.3 is 23.9 Å². The molecule has 5 atom stereocenters. The van der Waals surface area contributed by atoms with Crippen molar-refractivity contribution in [3.63, 3.8) is 0 Å². The SMILES string of the molecule is CC(=O)OC[C@H]1O[C@@H](OC(C)=O)[C@H](OC(C)=O)[C@@H](n2ccc(I)n2)[C@H]1OC(C)=O. The summed E-state index contributed by atoms with van der Waals surface area (Å²) in [5, 5.41) is 4.31. The van der Waals surface area contributed by atoms with Crippen molar-refractivity contribution in [3.8, 4) is 0 Å². The Bertz CT molecular complexity index is 781. The maximum atomic E-state index is 11.8. The summed E-state index contributed by atoms with van der Waals surface area (Å²) < 4.78 is 28.8. The number of carbonyl (C=O) groups excluding carboxylic acids is 4. The van der Waals surface area contributed by atoms with Gasteiger partial charge in [-0.25, -0.2) is 0 Å². The fourth-order valence-corrected chi connectivity index (χ4v) is 3.33. The molecule has 0 aromatic carbocycles. The van der Waals surface area contributed by atoms with E-state index in [1.165, 1.54) is 32.4 Å². The molecule has 11 nitrogen and oxygen atoms in total. The number of aromatic nitrogens is 2. The number of esters is 4. The first kappa shape index (κ1) is 23.1. The third-order valence-electron chi connectivity index (χ3n) is 3.84. The van der Waals surface area contributed by atoms with Crippen LogP contribution in [0.3, 0.4) is 0 Å². The quantitative estimate of drug-likeness (QED) is 0.298. The largest absolute Gasteiger partial charge is 0.463 e. The number of hydrogen-bond donors (Lipinski definition) is 0. The Kier molecular flexibility index (Phi) is 7.96. The summed E-state index contributed by atoms with van der Waals surface area (Å²) in [5.41, 5.74) is 0. The van der Waals surface area contributed by atoms with Gasteiger partial charge in [-0.3, -0.25) is 23.9 Å². The van der Waals surface area contributed by atoms with Crippen molar-refractivity contribution >= 4 is 46.5 Å². The van der Waals surface area contributed by atoms with Crippen molar-refractivity contribution in [2.45, 2.75) is 58.3 Å². The van der Waals surface area contributed by atoms with Crippen LogP contribution in [0.4, 0.5) is 0 Å². The normalized spacial score (nSPS) is 26.3. The van der Waals surface area contributed by atoms with Gasteiger partial charge in [-0.2, -0.15) is 5.10 Å². The molecule has 2 heterocycles. The first-order valence-corrected chi connectivity index (χ1v) is 9.67. The Morgan fingerprint density at radius 1 is 1.00 bits per heavy atom. The van der Waals surface area contributed by atoms with E-state index < -0.39 is 54.5 Å². The second-order valence-electron chi connectivity index (χ2n) is 6.21. The van der Waals surface area contributed by atoms with Crippen LogP contribution in [0.15, 0.2) is 12.3 Å². The summed E-state index contributed by atoms with van der Waals surface area (Å²) in [6, 6.07) is 0.776. The van der Waals surface area contributed by atoms with Gasteiger partial charge in [0.15, 0.2) is 12.2 Å². The molecule has 1 aromatic heterocycles. The van der Waals surface area contributed by atoms with E-state index >= 15 is 0 Å². The van der Waals surface area contributed by atoms with Gasteiger partial charge in [-0.1, -0.05) is 0 Å². The highest BCUT2D eigenvalue weighted by atomic mass is 127. The van der Waals surface area contributed by atoms with Gasteiger partial charge in [0.2, 0.25) is 6.29 Å². The number of nitrogens with zero attached hydrogens (tertiary/aromatic N) is 2. The Hall–Kier alpha value is -2.22. The molecule has 0 amide bonds. The van der Waals surface area contributed by atoms with Crippen LogP contribution in [-0.2, 0) is 42.9 Å². The van der Waals surface area contributed by atoms with E-state index in [9.17, 15) is 19.2 Å². The molecule has 0 unspecified atom stereocenters. The zero-order valence-corrected chi connectivity index (χ0v) is 18.4. The lowest BCUT2D eigenvalue weighted by molar-refractivity contribution is -0.285. The van der Waals surface area contributed by atoms with E-state index in [4.69, 9.17) is 23.7 Å². The lowest BCUT2D eigenvalue weighted by Gasteiger charge is -2.44. The molecule has 1 saturated heterocycles. The average molecular weight is 524 g/mol. The van der Waals surface area contributed by atoms with Crippen LogP contribution in [0.25, 0.3) is 0 Å². The molecular formula is C17H21IN2O9. The number of hydrogen-bond acceptors (Lipinski definition) is 10. The maximum Gasteiger partial charge on any atom is 0.305 e. The van der Waals surface area contributed by atoms with Crippen LogP contribution < -0.4 is 0 Å². The van der Waals surface area contributed by atoms with Crippen LogP contribution in [-0.4, -0.2) is 64.9 Å². The van der Waals surface area contributed by atoms with Gasteiger partial charge in [0.1, 0.15) is 22.5 Å². The molecular weight excluding hydrogens is 503 g/mol. The smallest absolute Gasteiger partial charge is 0.305 e. The number of ether oxygens (including phenoxy) is 5. The molecule has 0 bridgehead atoms. The van der Waals surface area contributed by atoms with E-state index in [2.05, 4.69) is 5.10 Å². The molecule has 0 saturated carbocycles. The first-order valence-electron chi connectivity index (χ1n) is 8.59. The van der Waals surface area contributed by atoms with Crippen molar-refractivity contribution in [1.29, 1.82) is 0 Å². The van der Waals surface area contributed by atoms with Crippen molar-refractivity contribution < 1.29 is 42.9 Å². The van der Waals surface area contributed by atoms with E-state index in [-0.39, 0.29) is 6.61 Å². The Morgan fingerprint density at radius 2 is 1.59 bits per heavy atom. The highest BCUT2D eigenvalue weighted by Crippen LogP contribution is 2.35. The molecule has 2 rings (SSSR count). The minimum atomic E-state index is -1.34. The van der Waals surface area contributed by atoms with Crippen LogP contribution in [0.1, 0.15) is 33.7 Å². The van der Waals surface area contributed by atoms with Gasteiger partial charge in [0.05, 0.1) is 0 Å². The number of halogens is 1. The van der Waals surface area contributed by atoms with E-state index in [0.717, 1.165) is 0 Å². The lowest BCUT2D eigenvalue weighted by atomic mass is 9.95. The summed E-state index contributed by atoms with van der Waals surface area (Å²) in [4.78, 5) is 46.3. The third-order valence-corrected chi connectivity index (χ3v) is 4.41. The van der Waals surface area contributed by atoms with Crippen molar-refractivity contribution in [2.24, 2.45) is 0 Å². The average Bonchev–Trinajstić information content (AvgIpc) is 3.00. The molecule has 0 radical (unpaired) electrons. The van der Waals surface area contributed by atoms with Gasteiger partial charge in [-0.15, -0.1) is 0 Å². The topological polar surface area (TPSA) is 132 Å². The molecule has 0 N–H and O–H groups in total. The summed E-state index contributed by atoms with van der Waals surface area (Å²) in [5.74, 6) is -2.56. The lowest BCUT2D eigenvalue weighted by Crippen LogP contribution is -2.59. The molecule has 1 fully saturated rings. The summed E-state index contributed by atoms with van der Waals surface area (Å²) in [6.45, 7) is 4.47. The standard InChI is InChI=1S/C17H21IN2O9/c1-8(21)25-7-12-15(26-9(2)22)14(20-6-5-13(18)19-20)16(27-10(3)23)17(29-12)28-11(4)24/h5-6,12,14-17H,7H2,1-4H3/t12-,14+,15+,16-,17-/m1/s1. The zero-order valence-electron chi connectivity index (χ0n) is 16.2. The van der Waals surface area contributed by atoms with Gasteiger partial charge in [0, 0.05) is 33.9 Å². The van der Waals surface area contributed by atoms with Crippen LogP contribution in [0.5, 0.6) is 0 Å². The van der Waals surface area contributed by atoms with Crippen LogP contribution in [0.2, 0.25) is 0 Å². The minimum Gasteiger partial charge on any atom is -0.463 e. The Balaban J connectivity index is 2.52. The second kappa shape index (κ2) is 10.0. The van der Waals surface area contributed by atoms with Crippen LogP contribution >= 0.6 is 22.6 Å².